The van der Waals surface area contributed by atoms with Crippen LogP contribution in [0.3, 0.4) is 0 Å². The largest absolute Gasteiger partial charge is 0.385 e. The van der Waals surface area contributed by atoms with E-state index in [0.717, 1.165) is 5.69 Å². The van der Waals surface area contributed by atoms with Crippen LogP contribution >= 0.6 is 11.6 Å². The highest BCUT2D eigenvalue weighted by atomic mass is 35.5. The zero-order valence-electron chi connectivity index (χ0n) is 15.0. The average Bonchev–Trinajstić information content (AvgIpc) is 2.98. The zero-order chi connectivity index (χ0) is 21.3. The normalized spacial score (nSPS) is 30.4. The summed E-state index contributed by atoms with van der Waals surface area (Å²) in [5.41, 5.74) is -0.456. The fourth-order valence-corrected chi connectivity index (χ4v) is 4.26. The molecule has 3 heterocycles. The van der Waals surface area contributed by atoms with Gasteiger partial charge in [0.1, 0.15) is 24.6 Å². The minimum Gasteiger partial charge on any atom is -0.385 e. The van der Waals surface area contributed by atoms with Crippen molar-refractivity contribution in [2.75, 3.05) is 5.32 Å². The Morgan fingerprint density at radius 2 is 2.00 bits per heavy atom. The van der Waals surface area contributed by atoms with Gasteiger partial charge in [-0.3, -0.25) is 4.57 Å². The molecule has 30 heavy (non-hydrogen) atoms. The second-order valence-electron chi connectivity index (χ2n) is 6.97. The Morgan fingerprint density at radius 1 is 1.27 bits per heavy atom. The molecule has 3 aromatic rings. The van der Waals surface area contributed by atoms with E-state index >= 15 is 0 Å². The minimum absolute atomic E-state index is 0.333. The molecule has 2 aromatic heterocycles. The van der Waals surface area contributed by atoms with E-state index < -0.39 is 40.4 Å². The Bertz CT molecular complexity index is 1240. The molecule has 1 saturated carbocycles. The van der Waals surface area contributed by atoms with Crippen LogP contribution in [-0.4, -0.2) is 62.1 Å². The SMILES string of the molecule is NS(=O)(=O)OC1[C@H]2O[C@@H](n3cnc4c(Nc5ccc(Cl)cc5)ncnc43)[C@H](O)[C@@]12O. The van der Waals surface area contributed by atoms with Crippen LogP contribution in [-0.2, 0) is 19.2 Å². The van der Waals surface area contributed by atoms with E-state index in [4.69, 9.17) is 21.5 Å². The number of aliphatic hydroxyl groups excluding tert-OH is 1. The fourth-order valence-electron chi connectivity index (χ4n) is 3.59. The molecule has 1 unspecified atom stereocenters. The molecule has 1 aliphatic carbocycles. The molecule has 0 bridgehead atoms. The first-order chi connectivity index (χ1) is 14.2. The number of hydrogen-bond acceptors (Lipinski definition) is 10. The maximum Gasteiger partial charge on any atom is 0.333 e. The number of aliphatic hydroxyl groups is 2. The van der Waals surface area contributed by atoms with Gasteiger partial charge >= 0.3 is 10.3 Å². The molecule has 0 radical (unpaired) electrons. The summed E-state index contributed by atoms with van der Waals surface area (Å²) < 4.78 is 33.8. The first-order valence-electron chi connectivity index (χ1n) is 8.65. The van der Waals surface area contributed by atoms with Gasteiger partial charge in [0.15, 0.2) is 28.8 Å². The van der Waals surface area contributed by atoms with Crippen LogP contribution in [0.4, 0.5) is 11.5 Å². The van der Waals surface area contributed by atoms with Crippen molar-refractivity contribution in [3.8, 4) is 0 Å². The Kier molecular flexibility index (Phi) is 4.27. The van der Waals surface area contributed by atoms with E-state index in [1.807, 2.05) is 0 Å². The molecule has 2 aliphatic rings. The fraction of sp³-hybridized carbons (Fsp3) is 0.312. The summed E-state index contributed by atoms with van der Waals surface area (Å²) in [6, 6.07) is 6.98. The third-order valence-electron chi connectivity index (χ3n) is 5.09. The molecule has 12 nitrogen and oxygen atoms in total. The van der Waals surface area contributed by atoms with Crippen LogP contribution in [0.5, 0.6) is 0 Å². The second kappa shape index (κ2) is 6.55. The van der Waals surface area contributed by atoms with Gasteiger partial charge in [0.25, 0.3) is 0 Å². The summed E-state index contributed by atoms with van der Waals surface area (Å²) in [6.45, 7) is 0. The van der Waals surface area contributed by atoms with Crippen molar-refractivity contribution in [2.45, 2.75) is 30.1 Å². The second-order valence-corrected chi connectivity index (χ2v) is 8.58. The van der Waals surface area contributed by atoms with Gasteiger partial charge < -0.3 is 20.3 Å². The number of fused-ring (bicyclic) bond motifs is 2. The van der Waals surface area contributed by atoms with Crippen LogP contribution in [0.15, 0.2) is 36.9 Å². The minimum atomic E-state index is -4.32. The summed E-state index contributed by atoms with van der Waals surface area (Å²) in [7, 11) is -4.32. The van der Waals surface area contributed by atoms with Crippen LogP contribution in [0.1, 0.15) is 6.23 Å². The summed E-state index contributed by atoms with van der Waals surface area (Å²) in [6.07, 6.45) is -2.24. The van der Waals surface area contributed by atoms with E-state index in [0.29, 0.717) is 22.0 Å². The first-order valence-corrected chi connectivity index (χ1v) is 10.5. The summed E-state index contributed by atoms with van der Waals surface area (Å²) in [5.74, 6) is 0.410. The highest BCUT2D eigenvalue weighted by molar-refractivity contribution is 7.84. The summed E-state index contributed by atoms with van der Waals surface area (Å²) in [4.78, 5) is 12.7. The molecule has 0 amide bonds. The lowest BCUT2D eigenvalue weighted by molar-refractivity contribution is -0.0888. The lowest BCUT2D eigenvalue weighted by Gasteiger charge is -2.23. The van der Waals surface area contributed by atoms with Crippen LogP contribution < -0.4 is 10.5 Å². The average molecular weight is 455 g/mol. The van der Waals surface area contributed by atoms with Gasteiger partial charge in [-0.05, 0) is 24.3 Å². The first kappa shape index (κ1) is 19.6. The maximum atomic E-state index is 11.1. The zero-order valence-corrected chi connectivity index (χ0v) is 16.5. The highest BCUT2D eigenvalue weighted by Gasteiger charge is 2.79. The van der Waals surface area contributed by atoms with E-state index in [2.05, 4.69) is 24.5 Å². The van der Waals surface area contributed by atoms with Crippen molar-refractivity contribution in [3.63, 3.8) is 0 Å². The number of hydrogen-bond donors (Lipinski definition) is 4. The number of rotatable bonds is 5. The Hall–Kier alpha value is -2.39. The van der Waals surface area contributed by atoms with Gasteiger partial charge in [-0.1, -0.05) is 11.6 Å². The Balaban J connectivity index is 1.42. The Labute approximate surface area is 174 Å². The Morgan fingerprint density at radius 3 is 2.63 bits per heavy atom. The van der Waals surface area contributed by atoms with Gasteiger partial charge in [-0.2, -0.15) is 8.42 Å². The monoisotopic (exact) mass is 454 g/mol. The maximum absolute atomic E-state index is 11.1. The smallest absolute Gasteiger partial charge is 0.333 e. The van der Waals surface area contributed by atoms with Crippen molar-refractivity contribution >= 4 is 44.6 Å². The van der Waals surface area contributed by atoms with Gasteiger partial charge in [0, 0.05) is 10.7 Å². The number of ether oxygens (including phenoxy) is 1. The molecule has 1 aliphatic heterocycles. The van der Waals surface area contributed by atoms with Crippen molar-refractivity contribution in [1.29, 1.82) is 0 Å². The van der Waals surface area contributed by atoms with Crippen LogP contribution in [0, 0.1) is 0 Å². The molecule has 0 spiro atoms. The topological polar surface area (TPSA) is 175 Å². The highest BCUT2D eigenvalue weighted by Crippen LogP contribution is 2.55. The van der Waals surface area contributed by atoms with E-state index in [1.54, 1.807) is 24.3 Å². The van der Waals surface area contributed by atoms with Crippen molar-refractivity contribution < 1.29 is 27.6 Å². The molecule has 14 heteroatoms. The molecule has 5 atom stereocenters. The van der Waals surface area contributed by atoms with Crippen molar-refractivity contribution in [1.82, 2.24) is 19.5 Å². The van der Waals surface area contributed by atoms with Crippen LogP contribution in [0.25, 0.3) is 11.2 Å². The van der Waals surface area contributed by atoms with Gasteiger partial charge in [-0.15, -0.1) is 0 Å². The lowest BCUT2D eigenvalue weighted by atomic mass is 10.1. The number of aromatic nitrogens is 4. The molecule has 1 saturated heterocycles. The van der Waals surface area contributed by atoms with Gasteiger partial charge in [-0.25, -0.2) is 24.3 Å². The predicted octanol–water partition coefficient (Wildman–Crippen LogP) is -0.185. The van der Waals surface area contributed by atoms with Gasteiger partial charge in [0.2, 0.25) is 0 Å². The number of nitrogens with two attached hydrogens (primary N) is 1. The molecule has 158 valence electrons. The summed E-state index contributed by atoms with van der Waals surface area (Å²) in [5, 5.41) is 29.7. The number of anilines is 2. The van der Waals surface area contributed by atoms with Crippen molar-refractivity contribution in [3.05, 3.63) is 41.9 Å². The summed E-state index contributed by atoms with van der Waals surface area (Å²) >= 11 is 5.90. The number of nitrogens with zero attached hydrogens (tertiary/aromatic N) is 4. The van der Waals surface area contributed by atoms with E-state index in [-0.39, 0.29) is 0 Å². The third-order valence-corrected chi connectivity index (χ3v) is 5.81. The van der Waals surface area contributed by atoms with E-state index in [9.17, 15) is 18.6 Å². The third kappa shape index (κ3) is 3.02. The molecular formula is C16H15ClN6O6S. The standard InChI is InChI=1S/C16H15ClN6O6S/c17-7-1-3-8(4-2-7)22-13-9-14(20-5-19-13)23(6-21-9)15-10(24)16(25)11(28-15)12(16)29-30(18,26)27/h1-6,10-12,15,24-25H,(H2,18,26,27)(H,19,20,22)/t10-,11+,12?,15+,16-/m0/s1. The van der Waals surface area contributed by atoms with Crippen molar-refractivity contribution in [2.24, 2.45) is 5.14 Å². The molecule has 5 rings (SSSR count). The number of halogens is 1. The molecule has 5 N–H and O–H groups in total. The molecular weight excluding hydrogens is 440 g/mol. The lowest BCUT2D eigenvalue weighted by Crippen LogP contribution is -2.38. The quantitative estimate of drug-likeness (QED) is 0.404. The molecule has 2 fully saturated rings. The number of nitrogens with one attached hydrogen (secondary N) is 1. The molecule has 1 aromatic carbocycles. The van der Waals surface area contributed by atoms with Crippen LogP contribution in [0.2, 0.25) is 5.02 Å². The van der Waals surface area contributed by atoms with E-state index in [1.165, 1.54) is 17.2 Å². The predicted molar refractivity (Wildman–Crippen MR) is 103 cm³/mol. The number of benzene rings is 1. The van der Waals surface area contributed by atoms with Gasteiger partial charge in [0.05, 0.1) is 6.33 Å². The number of imidazole rings is 1.